The molecule has 28 heavy (non-hydrogen) atoms. The number of rotatable bonds is 5. The molecular formula is C21H18BrN3O3. The number of nitrogens with zero attached hydrogens (tertiary/aromatic N) is 1. The summed E-state index contributed by atoms with van der Waals surface area (Å²) in [6.07, 6.45) is 3.91. The van der Waals surface area contributed by atoms with E-state index in [1.54, 1.807) is 37.4 Å². The third kappa shape index (κ3) is 5.17. The average molecular weight is 440 g/mol. The van der Waals surface area contributed by atoms with Crippen molar-refractivity contribution in [2.75, 3.05) is 0 Å². The fourth-order valence-corrected chi connectivity index (χ4v) is 2.87. The quantitative estimate of drug-likeness (QED) is 0.469. The number of ether oxygens (including phenoxy) is 1. The molecule has 0 bridgehead atoms. The normalized spacial score (nSPS) is 11.9. The van der Waals surface area contributed by atoms with E-state index in [4.69, 9.17) is 4.74 Å². The van der Waals surface area contributed by atoms with Gasteiger partial charge in [-0.1, -0.05) is 46.3 Å². The summed E-state index contributed by atoms with van der Waals surface area (Å²) in [6, 6.07) is 16.7. The molecule has 3 aromatic rings. The smallest absolute Gasteiger partial charge is 0.279 e. The summed E-state index contributed by atoms with van der Waals surface area (Å²) in [5, 5.41) is 0.983. The first kappa shape index (κ1) is 19.6. The van der Waals surface area contributed by atoms with Crippen molar-refractivity contribution in [1.29, 1.82) is 0 Å². The van der Waals surface area contributed by atoms with E-state index in [0.717, 1.165) is 20.9 Å². The standard InChI is InChI=1S/C21H18BrN3O3/c1-14(28-18-9-3-8-17(22)13-18)21(27)25-24-19(26)11-10-16-6-2-5-15-7-4-12-23-20(15)16/h2-14H,1H3,(H,24,26)(H,25,27)/b11-10+. The number of hydrogen-bond donors (Lipinski definition) is 2. The van der Waals surface area contributed by atoms with Crippen LogP contribution < -0.4 is 15.6 Å². The van der Waals surface area contributed by atoms with Gasteiger partial charge < -0.3 is 4.74 Å². The number of carbonyl (C=O) groups is 2. The topological polar surface area (TPSA) is 80.3 Å². The molecule has 7 heteroatoms. The molecule has 6 nitrogen and oxygen atoms in total. The van der Waals surface area contributed by atoms with Gasteiger partial charge in [0.1, 0.15) is 5.75 Å². The first-order chi connectivity index (χ1) is 13.5. The van der Waals surface area contributed by atoms with Gasteiger partial charge >= 0.3 is 0 Å². The molecule has 0 aliphatic heterocycles. The van der Waals surface area contributed by atoms with Crippen LogP contribution in [-0.4, -0.2) is 22.9 Å². The lowest BCUT2D eigenvalue weighted by Crippen LogP contribution is -2.46. The summed E-state index contributed by atoms with van der Waals surface area (Å²) in [4.78, 5) is 28.4. The molecule has 1 atom stereocenters. The van der Waals surface area contributed by atoms with Crippen molar-refractivity contribution in [3.8, 4) is 5.75 Å². The minimum Gasteiger partial charge on any atom is -0.481 e. The van der Waals surface area contributed by atoms with Crippen molar-refractivity contribution in [2.24, 2.45) is 0 Å². The van der Waals surface area contributed by atoms with Crippen molar-refractivity contribution in [3.05, 3.63) is 76.9 Å². The van der Waals surface area contributed by atoms with Crippen molar-refractivity contribution in [3.63, 3.8) is 0 Å². The van der Waals surface area contributed by atoms with E-state index in [2.05, 4.69) is 31.8 Å². The maximum atomic E-state index is 12.1. The molecule has 0 aliphatic carbocycles. The zero-order valence-electron chi connectivity index (χ0n) is 15.1. The second-order valence-corrected chi connectivity index (χ2v) is 6.87. The van der Waals surface area contributed by atoms with E-state index in [1.807, 2.05) is 36.4 Å². The Balaban J connectivity index is 1.54. The number of halogens is 1. The lowest BCUT2D eigenvalue weighted by molar-refractivity contribution is -0.131. The lowest BCUT2D eigenvalue weighted by Gasteiger charge is -2.14. The molecule has 0 saturated carbocycles. The molecular weight excluding hydrogens is 422 g/mol. The van der Waals surface area contributed by atoms with Gasteiger partial charge in [-0.15, -0.1) is 0 Å². The van der Waals surface area contributed by atoms with Crippen LogP contribution in [0.5, 0.6) is 5.75 Å². The van der Waals surface area contributed by atoms with Gasteiger partial charge in [-0.2, -0.15) is 0 Å². The van der Waals surface area contributed by atoms with Gasteiger partial charge in [-0.25, -0.2) is 0 Å². The predicted octanol–water partition coefficient (Wildman–Crippen LogP) is 3.63. The Morgan fingerprint density at radius 3 is 2.71 bits per heavy atom. The highest BCUT2D eigenvalue weighted by Crippen LogP contribution is 2.19. The molecule has 1 heterocycles. The molecule has 142 valence electrons. The van der Waals surface area contributed by atoms with Gasteiger partial charge in [-0.3, -0.25) is 25.4 Å². The Kier molecular flexibility index (Phi) is 6.39. The molecule has 2 aromatic carbocycles. The zero-order chi connectivity index (χ0) is 19.9. The van der Waals surface area contributed by atoms with E-state index >= 15 is 0 Å². The number of amides is 2. The molecule has 2 N–H and O–H groups in total. The number of nitrogens with one attached hydrogen (secondary N) is 2. The fourth-order valence-electron chi connectivity index (χ4n) is 2.49. The van der Waals surface area contributed by atoms with Crippen molar-refractivity contribution < 1.29 is 14.3 Å². The average Bonchev–Trinajstić information content (AvgIpc) is 2.70. The second-order valence-electron chi connectivity index (χ2n) is 5.95. The largest absolute Gasteiger partial charge is 0.481 e. The lowest BCUT2D eigenvalue weighted by atomic mass is 10.1. The van der Waals surface area contributed by atoms with Crippen molar-refractivity contribution in [2.45, 2.75) is 13.0 Å². The molecule has 3 rings (SSSR count). The Morgan fingerprint density at radius 1 is 1.11 bits per heavy atom. The van der Waals surface area contributed by atoms with Crippen LogP contribution in [0.3, 0.4) is 0 Å². The maximum Gasteiger partial charge on any atom is 0.279 e. The van der Waals surface area contributed by atoms with Crippen molar-refractivity contribution >= 4 is 44.7 Å². The van der Waals surface area contributed by atoms with E-state index in [1.165, 1.54) is 6.08 Å². The zero-order valence-corrected chi connectivity index (χ0v) is 16.6. The number of carbonyl (C=O) groups excluding carboxylic acids is 2. The summed E-state index contributed by atoms with van der Waals surface area (Å²) in [5.41, 5.74) is 6.30. The molecule has 1 unspecified atom stereocenters. The van der Waals surface area contributed by atoms with E-state index in [-0.39, 0.29) is 0 Å². The number of benzene rings is 2. The number of hydrogen-bond acceptors (Lipinski definition) is 4. The van der Waals surface area contributed by atoms with Gasteiger partial charge in [0, 0.05) is 27.7 Å². The highest BCUT2D eigenvalue weighted by molar-refractivity contribution is 9.10. The van der Waals surface area contributed by atoms with E-state index in [0.29, 0.717) is 5.75 Å². The summed E-state index contributed by atoms with van der Waals surface area (Å²) >= 11 is 3.34. The molecule has 0 aliphatic rings. The Labute approximate surface area is 170 Å². The van der Waals surface area contributed by atoms with Crippen LogP contribution in [0.25, 0.3) is 17.0 Å². The molecule has 0 fully saturated rings. The Morgan fingerprint density at radius 2 is 1.89 bits per heavy atom. The third-order valence-electron chi connectivity index (χ3n) is 3.87. The van der Waals surface area contributed by atoms with Crippen LogP contribution >= 0.6 is 15.9 Å². The summed E-state index contributed by atoms with van der Waals surface area (Å²) < 4.78 is 6.39. The fraction of sp³-hybridized carbons (Fsp3) is 0.0952. The highest BCUT2D eigenvalue weighted by Gasteiger charge is 2.15. The van der Waals surface area contributed by atoms with Crippen LogP contribution in [0.1, 0.15) is 12.5 Å². The number of hydrazine groups is 1. The summed E-state index contributed by atoms with van der Waals surface area (Å²) in [5.74, 6) is -0.379. The molecule has 1 aromatic heterocycles. The minimum atomic E-state index is -0.777. The number of aromatic nitrogens is 1. The maximum absolute atomic E-state index is 12.1. The second kappa shape index (κ2) is 9.14. The molecule has 0 spiro atoms. The summed E-state index contributed by atoms with van der Waals surface area (Å²) in [7, 11) is 0. The SMILES string of the molecule is CC(Oc1cccc(Br)c1)C(=O)NNC(=O)/C=C/c1cccc2cccnc12. The number of para-hydroxylation sites is 1. The predicted molar refractivity (Wildman–Crippen MR) is 111 cm³/mol. The Hall–Kier alpha value is -3.19. The molecule has 2 amide bonds. The molecule has 0 radical (unpaired) electrons. The van der Waals surface area contributed by atoms with Crippen LogP contribution in [-0.2, 0) is 9.59 Å². The van der Waals surface area contributed by atoms with Crippen LogP contribution in [0.4, 0.5) is 0 Å². The monoisotopic (exact) mass is 439 g/mol. The van der Waals surface area contributed by atoms with Gasteiger partial charge in [0.2, 0.25) is 0 Å². The van der Waals surface area contributed by atoms with Crippen LogP contribution in [0.2, 0.25) is 0 Å². The molecule has 0 saturated heterocycles. The third-order valence-corrected chi connectivity index (χ3v) is 4.36. The minimum absolute atomic E-state index is 0.462. The Bertz CT molecular complexity index is 1030. The van der Waals surface area contributed by atoms with Crippen LogP contribution in [0.15, 0.2) is 71.3 Å². The highest BCUT2D eigenvalue weighted by atomic mass is 79.9. The van der Waals surface area contributed by atoms with E-state index < -0.39 is 17.9 Å². The first-order valence-corrected chi connectivity index (χ1v) is 9.36. The first-order valence-electron chi connectivity index (χ1n) is 8.57. The van der Waals surface area contributed by atoms with Crippen molar-refractivity contribution in [1.82, 2.24) is 15.8 Å². The van der Waals surface area contributed by atoms with Gasteiger partial charge in [-0.05, 0) is 37.3 Å². The van der Waals surface area contributed by atoms with Crippen LogP contribution in [0, 0.1) is 0 Å². The van der Waals surface area contributed by atoms with E-state index in [9.17, 15) is 9.59 Å². The number of pyridine rings is 1. The summed E-state index contributed by atoms with van der Waals surface area (Å²) in [6.45, 7) is 1.60. The number of fused-ring (bicyclic) bond motifs is 1. The van der Waals surface area contributed by atoms with Gasteiger partial charge in [0.25, 0.3) is 11.8 Å². The van der Waals surface area contributed by atoms with Gasteiger partial charge in [0.05, 0.1) is 5.52 Å². The van der Waals surface area contributed by atoms with Gasteiger partial charge in [0.15, 0.2) is 6.10 Å².